The van der Waals surface area contributed by atoms with Gasteiger partial charge in [0.05, 0.1) is 4.47 Å². The van der Waals surface area contributed by atoms with Gasteiger partial charge in [-0.25, -0.2) is 0 Å². The van der Waals surface area contributed by atoms with Crippen LogP contribution in [0.1, 0.15) is 4.88 Å². The van der Waals surface area contributed by atoms with Crippen molar-refractivity contribution in [2.75, 3.05) is 0 Å². The molecule has 11 heavy (non-hydrogen) atoms. The van der Waals surface area contributed by atoms with Crippen molar-refractivity contribution in [3.8, 4) is 0 Å². The fourth-order valence-corrected chi connectivity index (χ4v) is 1.75. The molecule has 0 amide bonds. The Labute approximate surface area is 72.0 Å². The first-order valence-electron chi connectivity index (χ1n) is 2.43. The molecule has 0 aliphatic carbocycles. The van der Waals surface area contributed by atoms with Crippen LogP contribution in [0.2, 0.25) is 0 Å². The number of hydrogen-bond donors (Lipinski definition) is 0. The van der Waals surface area contributed by atoms with Crippen LogP contribution >= 0.6 is 27.3 Å². The first-order chi connectivity index (χ1) is 4.91. The van der Waals surface area contributed by atoms with Crippen LogP contribution in [0.4, 0.5) is 17.6 Å². The molecule has 1 aromatic rings. The summed E-state index contributed by atoms with van der Waals surface area (Å²) in [5.41, 5.74) is 0. The predicted molar refractivity (Wildman–Crippen MR) is 37.0 cm³/mol. The van der Waals surface area contributed by atoms with Crippen molar-refractivity contribution < 1.29 is 17.6 Å². The Morgan fingerprint density at radius 2 is 1.91 bits per heavy atom. The molecule has 0 aromatic carbocycles. The number of rotatable bonds is 0. The maximum absolute atomic E-state index is 12.3. The highest BCUT2D eigenvalue weighted by Crippen LogP contribution is 2.37. The minimum Gasteiger partial charge on any atom is -0.194 e. The van der Waals surface area contributed by atoms with E-state index in [1.807, 2.05) is 0 Å². The fraction of sp³-hybridized carbons (Fsp3) is 0.200. The molecule has 0 fully saturated rings. The molecule has 1 heterocycles. The molecule has 1 aromatic heterocycles. The van der Waals surface area contributed by atoms with Crippen LogP contribution in [0.15, 0.2) is 10.5 Å². The highest BCUT2D eigenvalue weighted by Gasteiger charge is 2.33. The average molecular weight is 249 g/mol. The Hall–Kier alpha value is -0.100. The number of alkyl halides is 3. The molecule has 0 radical (unpaired) electrons. The van der Waals surface area contributed by atoms with Gasteiger partial charge in [-0.3, -0.25) is 0 Å². The summed E-state index contributed by atoms with van der Waals surface area (Å²) in [6, 6.07) is 0.722. The predicted octanol–water partition coefficient (Wildman–Crippen LogP) is 3.67. The van der Waals surface area contributed by atoms with Crippen LogP contribution in [0, 0.1) is 5.13 Å². The van der Waals surface area contributed by atoms with Gasteiger partial charge in [-0.15, -0.1) is 11.3 Å². The molecule has 62 valence electrons. The minimum absolute atomic E-state index is 0.0828. The summed E-state index contributed by atoms with van der Waals surface area (Å²) < 4.78 is 47.6. The Bertz CT molecular complexity index is 244. The van der Waals surface area contributed by atoms with Crippen molar-refractivity contribution >= 4 is 27.3 Å². The van der Waals surface area contributed by atoms with Crippen molar-refractivity contribution in [3.05, 3.63) is 20.5 Å². The molecular formula is C5HBrF4S. The van der Waals surface area contributed by atoms with Gasteiger partial charge in [-0.2, -0.15) is 17.6 Å². The zero-order valence-corrected chi connectivity index (χ0v) is 7.28. The van der Waals surface area contributed by atoms with Gasteiger partial charge in [0.15, 0.2) is 5.13 Å². The van der Waals surface area contributed by atoms with Crippen molar-refractivity contribution in [2.24, 2.45) is 0 Å². The minimum atomic E-state index is -4.45. The van der Waals surface area contributed by atoms with Gasteiger partial charge < -0.3 is 0 Å². The maximum Gasteiger partial charge on any atom is 0.425 e. The molecule has 0 aliphatic heterocycles. The molecule has 0 atom stereocenters. The van der Waals surface area contributed by atoms with Crippen molar-refractivity contribution in [2.45, 2.75) is 6.18 Å². The zero-order valence-electron chi connectivity index (χ0n) is 4.88. The topological polar surface area (TPSA) is 0 Å². The molecule has 0 bridgehead atoms. The summed E-state index contributed by atoms with van der Waals surface area (Å²) in [5.74, 6) is 0. The van der Waals surface area contributed by atoms with Gasteiger partial charge >= 0.3 is 6.18 Å². The lowest BCUT2D eigenvalue weighted by molar-refractivity contribution is -0.134. The molecule has 0 aliphatic rings. The van der Waals surface area contributed by atoms with E-state index in [1.165, 1.54) is 0 Å². The van der Waals surface area contributed by atoms with Crippen LogP contribution < -0.4 is 0 Å². The van der Waals surface area contributed by atoms with Gasteiger partial charge in [0.25, 0.3) is 0 Å². The molecule has 1 rings (SSSR count). The lowest BCUT2D eigenvalue weighted by Crippen LogP contribution is -2.00. The summed E-state index contributed by atoms with van der Waals surface area (Å²) in [5, 5.41) is -0.850. The smallest absolute Gasteiger partial charge is 0.194 e. The van der Waals surface area contributed by atoms with Gasteiger partial charge in [-0.05, 0) is 22.0 Å². The van der Waals surface area contributed by atoms with E-state index in [0.717, 1.165) is 6.07 Å². The normalized spacial score (nSPS) is 12.1. The summed E-state index contributed by atoms with van der Waals surface area (Å²) in [7, 11) is 0. The molecular weight excluding hydrogens is 248 g/mol. The van der Waals surface area contributed by atoms with E-state index in [9.17, 15) is 17.6 Å². The monoisotopic (exact) mass is 248 g/mol. The second kappa shape index (κ2) is 2.75. The second-order valence-electron chi connectivity index (χ2n) is 1.73. The number of thiophene rings is 1. The first kappa shape index (κ1) is 8.99. The largest absolute Gasteiger partial charge is 0.425 e. The molecule has 0 N–H and O–H groups in total. The summed E-state index contributed by atoms with van der Waals surface area (Å²) in [6.45, 7) is 0. The van der Waals surface area contributed by atoms with Crippen LogP contribution in [-0.2, 0) is 6.18 Å². The highest BCUT2D eigenvalue weighted by atomic mass is 79.9. The van der Waals surface area contributed by atoms with Crippen LogP contribution in [-0.4, -0.2) is 0 Å². The van der Waals surface area contributed by atoms with Gasteiger partial charge in [0.2, 0.25) is 0 Å². The van der Waals surface area contributed by atoms with Crippen molar-refractivity contribution in [1.82, 2.24) is 0 Å². The number of hydrogen-bond acceptors (Lipinski definition) is 1. The van der Waals surface area contributed by atoms with Crippen LogP contribution in [0.5, 0.6) is 0 Å². The van der Waals surface area contributed by atoms with Gasteiger partial charge in [-0.1, -0.05) is 0 Å². The standard InChI is InChI=1S/C5HBrF4S/c6-2-1-3(5(8,9)10)11-4(2)7/h1H. The fourth-order valence-electron chi connectivity index (χ4n) is 0.486. The Morgan fingerprint density at radius 3 is 2.09 bits per heavy atom. The first-order valence-corrected chi connectivity index (χ1v) is 4.04. The molecule has 0 saturated heterocycles. The summed E-state index contributed by atoms with van der Waals surface area (Å²) >= 11 is 2.73. The Kier molecular flexibility index (Phi) is 2.24. The Balaban J connectivity index is 3.08. The van der Waals surface area contributed by atoms with E-state index in [0.29, 0.717) is 0 Å². The van der Waals surface area contributed by atoms with Crippen molar-refractivity contribution in [3.63, 3.8) is 0 Å². The van der Waals surface area contributed by atoms with Crippen LogP contribution in [0.25, 0.3) is 0 Å². The lowest BCUT2D eigenvalue weighted by atomic mass is 10.5. The molecule has 6 heteroatoms. The van der Waals surface area contributed by atoms with E-state index in [1.54, 1.807) is 0 Å². The maximum atomic E-state index is 12.3. The van der Waals surface area contributed by atoms with E-state index < -0.39 is 16.2 Å². The summed E-state index contributed by atoms with van der Waals surface area (Å²) in [6.07, 6.45) is -4.45. The Morgan fingerprint density at radius 1 is 1.36 bits per heavy atom. The summed E-state index contributed by atoms with van der Waals surface area (Å²) in [4.78, 5) is -0.929. The van der Waals surface area contributed by atoms with E-state index in [4.69, 9.17) is 0 Å². The molecule has 0 saturated carbocycles. The van der Waals surface area contributed by atoms with Gasteiger partial charge in [0, 0.05) is 0 Å². The lowest BCUT2D eigenvalue weighted by Gasteiger charge is -1.99. The third-order valence-electron chi connectivity index (χ3n) is 0.925. The second-order valence-corrected chi connectivity index (χ2v) is 3.59. The van der Waals surface area contributed by atoms with Crippen LogP contribution in [0.3, 0.4) is 0 Å². The molecule has 0 unspecified atom stereocenters. The third-order valence-corrected chi connectivity index (χ3v) is 2.73. The quantitative estimate of drug-likeness (QED) is 0.615. The van der Waals surface area contributed by atoms with Crippen molar-refractivity contribution in [1.29, 1.82) is 0 Å². The SMILES string of the molecule is Fc1sc(C(F)(F)F)cc1Br. The van der Waals surface area contributed by atoms with E-state index in [2.05, 4.69) is 15.9 Å². The third kappa shape index (κ3) is 1.93. The molecule has 0 nitrogen and oxygen atoms in total. The highest BCUT2D eigenvalue weighted by molar-refractivity contribution is 9.10. The van der Waals surface area contributed by atoms with E-state index in [-0.39, 0.29) is 15.8 Å². The van der Waals surface area contributed by atoms with E-state index >= 15 is 0 Å². The number of halogens is 5. The van der Waals surface area contributed by atoms with Gasteiger partial charge in [0.1, 0.15) is 4.88 Å². The molecule has 0 spiro atoms. The average Bonchev–Trinajstić information content (AvgIpc) is 2.11. The zero-order chi connectivity index (χ0) is 8.65.